The fourth-order valence-electron chi connectivity index (χ4n) is 3.37. The van der Waals surface area contributed by atoms with Gasteiger partial charge in [0.05, 0.1) is 10.9 Å². The van der Waals surface area contributed by atoms with Gasteiger partial charge in [0.15, 0.2) is 0 Å². The van der Waals surface area contributed by atoms with Crippen molar-refractivity contribution in [3.8, 4) is 0 Å². The Hall–Kier alpha value is -2.54. The number of amides is 1. The van der Waals surface area contributed by atoms with Crippen LogP contribution in [-0.2, 0) is 21.2 Å². The van der Waals surface area contributed by atoms with Crippen molar-refractivity contribution in [2.45, 2.75) is 57.1 Å². The van der Waals surface area contributed by atoms with Crippen LogP contribution in [0.3, 0.4) is 0 Å². The van der Waals surface area contributed by atoms with Gasteiger partial charge in [0.2, 0.25) is 0 Å². The maximum absolute atomic E-state index is 13.5. The zero-order valence-electron chi connectivity index (χ0n) is 17.3. The number of carbonyl (C=O) groups is 1. The van der Waals surface area contributed by atoms with E-state index in [0.29, 0.717) is 19.4 Å². The Bertz CT molecular complexity index is 979. The van der Waals surface area contributed by atoms with Gasteiger partial charge in [-0.1, -0.05) is 35.9 Å². The second-order valence-corrected chi connectivity index (χ2v) is 10.1. The van der Waals surface area contributed by atoms with E-state index >= 15 is 0 Å². The number of hydrogen-bond donors (Lipinski definition) is 1. The number of nitrogens with zero attached hydrogens (tertiary/aromatic N) is 1. The fraction of sp³-hybridized carbons (Fsp3) is 0.409. The largest absolute Gasteiger partial charge is 0.443 e. The number of anilines is 1. The molecule has 0 saturated carbocycles. The first-order valence-electron chi connectivity index (χ1n) is 9.74. The van der Waals surface area contributed by atoms with E-state index in [9.17, 15) is 13.2 Å². The molecule has 1 atom stereocenters. The lowest BCUT2D eigenvalue weighted by atomic mass is 10.0. The molecule has 3 rings (SSSR count). The summed E-state index contributed by atoms with van der Waals surface area (Å²) in [6, 6.07) is 13.7. The van der Waals surface area contributed by atoms with Crippen LogP contribution >= 0.6 is 0 Å². The molecule has 1 aliphatic heterocycles. The van der Waals surface area contributed by atoms with Crippen LogP contribution in [0.15, 0.2) is 53.4 Å². The summed E-state index contributed by atoms with van der Waals surface area (Å²) in [5, 5.41) is 3.32. The van der Waals surface area contributed by atoms with Gasteiger partial charge in [0.25, 0.3) is 10.0 Å². The first-order valence-corrected chi connectivity index (χ1v) is 11.2. The molecule has 1 heterocycles. The molecule has 156 valence electrons. The molecular weight excluding hydrogens is 388 g/mol. The second kappa shape index (κ2) is 8.06. The number of rotatable bonds is 3. The average Bonchev–Trinajstić information content (AvgIpc) is 2.82. The van der Waals surface area contributed by atoms with Crippen molar-refractivity contribution in [1.29, 1.82) is 0 Å². The van der Waals surface area contributed by atoms with Crippen molar-refractivity contribution in [2.24, 2.45) is 0 Å². The molecule has 1 aliphatic rings. The van der Waals surface area contributed by atoms with Crippen molar-refractivity contribution in [3.63, 3.8) is 0 Å². The van der Waals surface area contributed by atoms with Gasteiger partial charge in [0.1, 0.15) is 5.60 Å². The van der Waals surface area contributed by atoms with Crippen LogP contribution in [0.4, 0.5) is 10.5 Å². The average molecular weight is 417 g/mol. The summed E-state index contributed by atoms with van der Waals surface area (Å²) in [4.78, 5) is 13.2. The molecule has 6 nitrogen and oxygen atoms in total. The van der Waals surface area contributed by atoms with Crippen molar-refractivity contribution in [3.05, 3.63) is 59.7 Å². The Balaban J connectivity index is 2.03. The predicted molar refractivity (Wildman–Crippen MR) is 113 cm³/mol. The molecule has 7 heteroatoms. The van der Waals surface area contributed by atoms with E-state index in [1.165, 1.54) is 12.1 Å². The van der Waals surface area contributed by atoms with E-state index in [2.05, 4.69) is 5.32 Å². The number of hydrogen-bond acceptors (Lipinski definition) is 5. The van der Waals surface area contributed by atoms with E-state index in [4.69, 9.17) is 4.74 Å². The van der Waals surface area contributed by atoms with Gasteiger partial charge in [0, 0.05) is 12.2 Å². The highest BCUT2D eigenvalue weighted by Crippen LogP contribution is 2.29. The lowest BCUT2D eigenvalue weighted by molar-refractivity contribution is 0.0335. The third-order valence-corrected chi connectivity index (χ3v) is 6.58. The van der Waals surface area contributed by atoms with Gasteiger partial charge in [-0.05, 0) is 64.3 Å². The summed E-state index contributed by atoms with van der Waals surface area (Å²) in [7, 11) is -4.08. The number of ether oxygens (including phenoxy) is 1. The molecule has 0 bridgehead atoms. The number of nitrogens with one attached hydrogen (secondary N) is 1. The number of fused-ring (bicyclic) bond motifs is 1. The number of para-hydroxylation sites is 1. The van der Waals surface area contributed by atoms with E-state index in [0.717, 1.165) is 21.1 Å². The second-order valence-electron chi connectivity index (χ2n) is 8.32. The minimum Gasteiger partial charge on any atom is -0.443 e. The molecule has 0 aromatic heterocycles. The van der Waals surface area contributed by atoms with Crippen molar-refractivity contribution >= 4 is 21.8 Å². The van der Waals surface area contributed by atoms with Gasteiger partial charge < -0.3 is 10.1 Å². The number of sulfonamides is 1. The van der Waals surface area contributed by atoms with Crippen molar-refractivity contribution in [1.82, 2.24) is 4.31 Å². The third-order valence-electron chi connectivity index (χ3n) is 4.75. The predicted octanol–water partition coefficient (Wildman–Crippen LogP) is 4.35. The molecule has 0 spiro atoms. The summed E-state index contributed by atoms with van der Waals surface area (Å²) in [6.45, 7) is 7.63. The molecule has 1 unspecified atom stereocenters. The van der Waals surface area contributed by atoms with E-state index < -0.39 is 27.8 Å². The summed E-state index contributed by atoms with van der Waals surface area (Å²) in [5.74, 6) is 0. The smallest absolute Gasteiger partial charge is 0.424 e. The minimum atomic E-state index is -4.08. The molecule has 0 aliphatic carbocycles. The van der Waals surface area contributed by atoms with Crippen LogP contribution in [0.5, 0.6) is 0 Å². The molecular formula is C22H28N2O4S. The van der Waals surface area contributed by atoms with Crippen LogP contribution in [0, 0.1) is 6.92 Å². The molecule has 1 amide bonds. The minimum absolute atomic E-state index is 0.0828. The van der Waals surface area contributed by atoms with Crippen LogP contribution in [-0.4, -0.2) is 37.0 Å². The summed E-state index contributed by atoms with van der Waals surface area (Å²) in [6.07, 6.45) is 0.0643. The Morgan fingerprint density at radius 2 is 1.76 bits per heavy atom. The monoisotopic (exact) mass is 416 g/mol. The molecule has 0 fully saturated rings. The molecule has 1 N–H and O–H groups in total. The number of benzene rings is 2. The van der Waals surface area contributed by atoms with Gasteiger partial charge in [-0.2, -0.15) is 4.31 Å². The Morgan fingerprint density at radius 1 is 1.10 bits per heavy atom. The van der Waals surface area contributed by atoms with Crippen LogP contribution < -0.4 is 5.32 Å². The fourth-order valence-corrected chi connectivity index (χ4v) is 4.89. The van der Waals surface area contributed by atoms with Crippen LogP contribution in [0.2, 0.25) is 0 Å². The van der Waals surface area contributed by atoms with Gasteiger partial charge in [-0.3, -0.25) is 0 Å². The first kappa shape index (κ1) is 21.2. The Labute approximate surface area is 172 Å². The topological polar surface area (TPSA) is 75.7 Å². The van der Waals surface area contributed by atoms with E-state index in [1.54, 1.807) is 32.9 Å². The quantitative estimate of drug-likeness (QED) is 0.805. The zero-order valence-corrected chi connectivity index (χ0v) is 18.1. The normalized spacial score (nSPS) is 16.9. The summed E-state index contributed by atoms with van der Waals surface area (Å²) < 4.78 is 33.4. The van der Waals surface area contributed by atoms with E-state index in [1.807, 2.05) is 31.2 Å². The van der Waals surface area contributed by atoms with Crippen molar-refractivity contribution < 1.29 is 17.9 Å². The van der Waals surface area contributed by atoms with E-state index in [-0.39, 0.29) is 4.90 Å². The summed E-state index contributed by atoms with van der Waals surface area (Å²) in [5.41, 5.74) is 2.08. The van der Waals surface area contributed by atoms with Gasteiger partial charge in [-0.25, -0.2) is 13.2 Å². The van der Waals surface area contributed by atoms with Gasteiger partial charge in [-0.15, -0.1) is 0 Å². The van der Waals surface area contributed by atoms with Crippen molar-refractivity contribution in [2.75, 3.05) is 11.9 Å². The third kappa shape index (κ3) is 4.90. The van der Waals surface area contributed by atoms with Crippen LogP contribution in [0.1, 0.15) is 38.3 Å². The first-order chi connectivity index (χ1) is 13.6. The zero-order chi connectivity index (χ0) is 21.2. The molecule has 0 radical (unpaired) electrons. The Kier molecular flexibility index (Phi) is 5.89. The van der Waals surface area contributed by atoms with Gasteiger partial charge >= 0.3 is 6.09 Å². The molecule has 0 saturated heterocycles. The highest BCUT2D eigenvalue weighted by molar-refractivity contribution is 7.89. The number of aryl methyl sites for hydroxylation is 1. The lowest BCUT2D eigenvalue weighted by Crippen LogP contribution is -2.48. The molecule has 29 heavy (non-hydrogen) atoms. The highest BCUT2D eigenvalue weighted by Gasteiger charge is 2.39. The molecule has 2 aromatic rings. The molecule has 2 aromatic carbocycles. The highest BCUT2D eigenvalue weighted by atomic mass is 32.2. The summed E-state index contributed by atoms with van der Waals surface area (Å²) >= 11 is 0. The number of carbonyl (C=O) groups excluding carboxylic acids is 1. The maximum atomic E-state index is 13.5. The Morgan fingerprint density at radius 3 is 2.41 bits per heavy atom. The lowest BCUT2D eigenvalue weighted by Gasteiger charge is -2.32. The SMILES string of the molecule is Cc1ccc(S(=O)(=O)N(C(=O)OC(C)(C)C)C2CCNc3ccccc3C2)cc1. The van der Waals surface area contributed by atoms with Crippen LogP contribution in [0.25, 0.3) is 0 Å². The standard InChI is InChI=1S/C22H28N2O4S/c1-16-9-11-19(12-10-16)29(26,27)24(21(25)28-22(2,3)4)18-13-14-23-20-8-6-5-7-17(20)15-18/h5-12,18,23H,13-15H2,1-4H3. The maximum Gasteiger partial charge on any atom is 0.424 e.